The van der Waals surface area contributed by atoms with Crippen LogP contribution in [0.3, 0.4) is 0 Å². The van der Waals surface area contributed by atoms with Crippen molar-refractivity contribution in [3.8, 4) is 0 Å². The maximum Gasteiger partial charge on any atom is 0.306 e. The highest BCUT2D eigenvalue weighted by Crippen LogP contribution is 2.16. The molecule has 0 heterocycles. The summed E-state index contributed by atoms with van der Waals surface area (Å²) in [7, 11) is 0. The van der Waals surface area contributed by atoms with Gasteiger partial charge in [-0.1, -0.05) is 260 Å². The van der Waals surface area contributed by atoms with Gasteiger partial charge in [0.25, 0.3) is 0 Å². The number of esters is 3. The van der Waals surface area contributed by atoms with Crippen LogP contribution in [0.15, 0.2) is 85.1 Å². The van der Waals surface area contributed by atoms with Gasteiger partial charge in [-0.2, -0.15) is 0 Å². The summed E-state index contributed by atoms with van der Waals surface area (Å²) in [5, 5.41) is 0. The van der Waals surface area contributed by atoms with Crippen LogP contribution in [-0.4, -0.2) is 37.2 Å². The van der Waals surface area contributed by atoms with Crippen LogP contribution in [0.2, 0.25) is 0 Å². The smallest absolute Gasteiger partial charge is 0.306 e. The second-order valence-electron chi connectivity index (χ2n) is 20.9. The summed E-state index contributed by atoms with van der Waals surface area (Å²) in [5.74, 6) is -0.937. The molecule has 0 saturated carbocycles. The van der Waals surface area contributed by atoms with Crippen LogP contribution < -0.4 is 0 Å². The minimum atomic E-state index is -0.801. The first-order chi connectivity index (χ1) is 36.5. The lowest BCUT2D eigenvalue weighted by molar-refractivity contribution is -0.167. The zero-order valence-corrected chi connectivity index (χ0v) is 48.8. The Balaban J connectivity index is 4.21. The topological polar surface area (TPSA) is 78.9 Å². The highest BCUT2D eigenvalue weighted by Gasteiger charge is 2.19. The molecule has 0 spiro atoms. The van der Waals surface area contributed by atoms with Crippen molar-refractivity contribution in [2.75, 3.05) is 13.2 Å². The van der Waals surface area contributed by atoms with Crippen molar-refractivity contribution in [1.82, 2.24) is 0 Å². The van der Waals surface area contributed by atoms with E-state index in [2.05, 4.69) is 106 Å². The van der Waals surface area contributed by atoms with Crippen molar-refractivity contribution < 1.29 is 28.6 Å². The summed E-state index contributed by atoms with van der Waals surface area (Å²) >= 11 is 0. The normalized spacial score (nSPS) is 12.6. The predicted octanol–water partition coefficient (Wildman–Crippen LogP) is 21.5. The number of ether oxygens (including phenoxy) is 3. The van der Waals surface area contributed by atoms with Crippen molar-refractivity contribution in [2.45, 2.75) is 316 Å². The van der Waals surface area contributed by atoms with Crippen LogP contribution >= 0.6 is 0 Å². The Morgan fingerprint density at radius 3 is 0.892 bits per heavy atom. The average molecular weight is 1030 g/mol. The lowest BCUT2D eigenvalue weighted by atomic mass is 10.0. The maximum absolute atomic E-state index is 12.8. The Morgan fingerprint density at radius 1 is 0.284 bits per heavy atom. The quantitative estimate of drug-likeness (QED) is 0.0261. The lowest BCUT2D eigenvalue weighted by Gasteiger charge is -2.18. The van der Waals surface area contributed by atoms with Gasteiger partial charge in [0.2, 0.25) is 0 Å². The molecule has 0 saturated heterocycles. The second-order valence-corrected chi connectivity index (χ2v) is 20.9. The molecule has 1 unspecified atom stereocenters. The molecule has 0 N–H and O–H groups in total. The van der Waals surface area contributed by atoms with Crippen LogP contribution in [0.4, 0.5) is 0 Å². The van der Waals surface area contributed by atoms with Crippen LogP contribution in [0.25, 0.3) is 0 Å². The van der Waals surface area contributed by atoms with Crippen molar-refractivity contribution in [1.29, 1.82) is 0 Å². The van der Waals surface area contributed by atoms with Gasteiger partial charge in [-0.15, -0.1) is 0 Å². The predicted molar refractivity (Wildman–Crippen MR) is 321 cm³/mol. The molecular formula is C68H118O6. The van der Waals surface area contributed by atoms with Crippen LogP contribution in [-0.2, 0) is 28.6 Å². The van der Waals surface area contributed by atoms with Gasteiger partial charge in [-0.25, -0.2) is 0 Å². The fourth-order valence-corrected chi connectivity index (χ4v) is 8.87. The molecule has 1 atom stereocenters. The Labute approximate surface area is 458 Å². The van der Waals surface area contributed by atoms with E-state index in [4.69, 9.17) is 14.2 Å². The van der Waals surface area contributed by atoms with E-state index in [0.29, 0.717) is 19.3 Å². The van der Waals surface area contributed by atoms with Gasteiger partial charge in [-0.05, 0) is 116 Å². The zero-order chi connectivity index (χ0) is 53.6. The van der Waals surface area contributed by atoms with Gasteiger partial charge < -0.3 is 14.2 Å². The zero-order valence-electron chi connectivity index (χ0n) is 48.8. The summed E-state index contributed by atoms with van der Waals surface area (Å²) in [6, 6.07) is 0. The molecule has 0 amide bonds. The molecule has 0 rings (SSSR count). The van der Waals surface area contributed by atoms with Crippen LogP contribution in [0.5, 0.6) is 0 Å². The second kappa shape index (κ2) is 62.1. The van der Waals surface area contributed by atoms with Gasteiger partial charge in [0.1, 0.15) is 13.2 Å². The largest absolute Gasteiger partial charge is 0.462 e. The standard InChI is InChI=1S/C68H118O6/c1-4-7-10-13-16-19-22-25-27-28-29-30-31-32-33-34-35-36-37-38-39-40-42-43-46-49-52-55-58-61-67(70)73-64-65(63-72-66(69)60-57-54-51-48-45-24-21-18-15-12-9-6-3)74-68(71)62-59-56-53-50-47-44-41-26-23-20-17-14-11-8-5-2/h8,11,17-18,20-22,25-26,28-29,41,47,50,65H,4-7,9-10,12-16,19,23-24,27,30-40,42-46,48-49,51-64H2,1-3H3/b11-8-,20-17-,21-18-,25-22-,29-28-,41-26-,50-47-. The van der Waals surface area contributed by atoms with Gasteiger partial charge in [0.15, 0.2) is 6.10 Å². The first-order valence-electron chi connectivity index (χ1n) is 31.6. The number of unbranched alkanes of at least 4 members (excludes halogenated alkanes) is 32. The lowest BCUT2D eigenvalue weighted by Crippen LogP contribution is -2.30. The van der Waals surface area contributed by atoms with Gasteiger partial charge >= 0.3 is 17.9 Å². The minimum absolute atomic E-state index is 0.0941. The van der Waals surface area contributed by atoms with Gasteiger partial charge in [0.05, 0.1) is 0 Å². The molecule has 0 aromatic heterocycles. The van der Waals surface area contributed by atoms with Crippen molar-refractivity contribution in [2.24, 2.45) is 0 Å². The molecule has 6 nitrogen and oxygen atoms in total. The fraction of sp³-hybridized carbons (Fsp3) is 0.750. The molecule has 0 aromatic rings. The number of carbonyl (C=O) groups is 3. The molecule has 0 radical (unpaired) electrons. The molecule has 0 aliphatic carbocycles. The Morgan fingerprint density at radius 2 is 0.527 bits per heavy atom. The van der Waals surface area contributed by atoms with Crippen LogP contribution in [0.1, 0.15) is 310 Å². The number of allylic oxidation sites excluding steroid dienone is 14. The van der Waals surface area contributed by atoms with E-state index in [0.717, 1.165) is 89.9 Å². The summed E-state index contributed by atoms with van der Waals surface area (Å²) < 4.78 is 16.8. The Hall–Kier alpha value is -3.41. The number of hydrogen-bond donors (Lipinski definition) is 0. The molecule has 0 bridgehead atoms. The third-order valence-electron chi connectivity index (χ3n) is 13.6. The average Bonchev–Trinajstić information content (AvgIpc) is 3.40. The third-order valence-corrected chi connectivity index (χ3v) is 13.6. The molecule has 0 fully saturated rings. The summed E-state index contributed by atoms with van der Waals surface area (Å²) in [4.78, 5) is 38.2. The summed E-state index contributed by atoms with van der Waals surface area (Å²) in [6.45, 7) is 6.47. The molecule has 0 aliphatic rings. The van der Waals surface area contributed by atoms with Gasteiger partial charge in [-0.3, -0.25) is 14.4 Å². The van der Waals surface area contributed by atoms with Crippen molar-refractivity contribution in [3.05, 3.63) is 85.1 Å². The number of rotatable bonds is 57. The van der Waals surface area contributed by atoms with E-state index in [-0.39, 0.29) is 37.5 Å². The summed E-state index contributed by atoms with van der Waals surface area (Å²) in [6.07, 6.45) is 81.8. The Kier molecular flexibility index (Phi) is 59.3. The van der Waals surface area contributed by atoms with E-state index in [1.165, 1.54) is 173 Å². The summed E-state index contributed by atoms with van der Waals surface area (Å²) in [5.41, 5.74) is 0. The van der Waals surface area contributed by atoms with E-state index >= 15 is 0 Å². The molecule has 426 valence electrons. The van der Waals surface area contributed by atoms with E-state index in [1.807, 2.05) is 0 Å². The molecule has 74 heavy (non-hydrogen) atoms. The van der Waals surface area contributed by atoms with E-state index in [9.17, 15) is 14.4 Å². The molecule has 6 heteroatoms. The van der Waals surface area contributed by atoms with Gasteiger partial charge in [0, 0.05) is 19.3 Å². The molecule has 0 aromatic carbocycles. The van der Waals surface area contributed by atoms with Crippen molar-refractivity contribution in [3.63, 3.8) is 0 Å². The number of carbonyl (C=O) groups excluding carboxylic acids is 3. The first kappa shape index (κ1) is 70.6. The third kappa shape index (κ3) is 59.5. The Bertz CT molecular complexity index is 1420. The molecule has 0 aliphatic heterocycles. The van der Waals surface area contributed by atoms with Crippen molar-refractivity contribution >= 4 is 17.9 Å². The highest BCUT2D eigenvalue weighted by molar-refractivity contribution is 5.71. The maximum atomic E-state index is 12.8. The van der Waals surface area contributed by atoms with E-state index < -0.39 is 6.10 Å². The van der Waals surface area contributed by atoms with E-state index in [1.54, 1.807) is 0 Å². The highest BCUT2D eigenvalue weighted by atomic mass is 16.6. The number of hydrogen-bond acceptors (Lipinski definition) is 6. The molecular weight excluding hydrogens is 913 g/mol. The van der Waals surface area contributed by atoms with Crippen LogP contribution in [0, 0.1) is 0 Å². The SMILES string of the molecule is CC/C=C\C/C=C\C/C=C\C/C=C\CCCCC(=O)OC(COC(=O)CCCCCCC/C=C\CCCCC)COC(=O)CCCCCCCCCCCCCCCCCCC/C=C\C/C=C\CCCCCCC. The monoisotopic (exact) mass is 1030 g/mol. The fourth-order valence-electron chi connectivity index (χ4n) is 8.87. The minimum Gasteiger partial charge on any atom is -0.462 e. The first-order valence-corrected chi connectivity index (χ1v) is 31.6.